The zero-order valence-electron chi connectivity index (χ0n) is 15.4. The number of benzene rings is 2. The Morgan fingerprint density at radius 3 is 2.63 bits per heavy atom. The molecule has 1 atom stereocenters. The van der Waals surface area contributed by atoms with Gasteiger partial charge in [0.2, 0.25) is 0 Å². The van der Waals surface area contributed by atoms with Gasteiger partial charge in [0.25, 0.3) is 0 Å². The van der Waals surface area contributed by atoms with E-state index in [0.717, 1.165) is 29.4 Å². The summed E-state index contributed by atoms with van der Waals surface area (Å²) < 4.78 is 16.2. The first-order chi connectivity index (χ1) is 13.1. The van der Waals surface area contributed by atoms with Crippen LogP contribution < -0.4 is 10.4 Å². The number of hydrogen-bond donors (Lipinski definition) is 0. The summed E-state index contributed by atoms with van der Waals surface area (Å²) in [6, 6.07) is 16.3. The summed E-state index contributed by atoms with van der Waals surface area (Å²) in [5.41, 5.74) is 1.69. The summed E-state index contributed by atoms with van der Waals surface area (Å²) >= 11 is 0. The molecule has 0 fully saturated rings. The largest absolute Gasteiger partial charge is 0.479 e. The lowest BCUT2D eigenvalue weighted by atomic mass is 10.0. The SMILES string of the molecule is CCCCOC(=O)C(C)Oc1ccc2c(-c3ccccc3)cc(=O)oc2c1. The van der Waals surface area contributed by atoms with Gasteiger partial charge in [0.15, 0.2) is 6.10 Å². The second kappa shape index (κ2) is 8.54. The molecule has 3 aromatic rings. The molecule has 0 aliphatic rings. The molecule has 2 aromatic carbocycles. The van der Waals surface area contributed by atoms with E-state index in [4.69, 9.17) is 13.9 Å². The highest BCUT2D eigenvalue weighted by molar-refractivity contribution is 5.93. The molecule has 0 bridgehead atoms. The molecule has 0 radical (unpaired) electrons. The predicted molar refractivity (Wildman–Crippen MR) is 104 cm³/mol. The van der Waals surface area contributed by atoms with E-state index < -0.39 is 17.7 Å². The van der Waals surface area contributed by atoms with Crippen LogP contribution in [0.2, 0.25) is 0 Å². The van der Waals surface area contributed by atoms with Crippen molar-refractivity contribution in [1.82, 2.24) is 0 Å². The lowest BCUT2D eigenvalue weighted by molar-refractivity contribution is -0.151. The summed E-state index contributed by atoms with van der Waals surface area (Å²) in [6.07, 6.45) is 1.03. The Hall–Kier alpha value is -3.08. The Morgan fingerprint density at radius 1 is 1.11 bits per heavy atom. The van der Waals surface area contributed by atoms with Crippen molar-refractivity contribution >= 4 is 16.9 Å². The van der Waals surface area contributed by atoms with Crippen molar-refractivity contribution in [2.75, 3.05) is 6.61 Å². The van der Waals surface area contributed by atoms with Gasteiger partial charge in [-0.3, -0.25) is 0 Å². The van der Waals surface area contributed by atoms with Crippen LogP contribution in [0.4, 0.5) is 0 Å². The Balaban J connectivity index is 1.86. The fourth-order valence-corrected chi connectivity index (χ4v) is 2.76. The summed E-state index contributed by atoms with van der Waals surface area (Å²) in [5.74, 6) is 0.0267. The summed E-state index contributed by atoms with van der Waals surface area (Å²) in [4.78, 5) is 23.9. The molecule has 0 saturated carbocycles. The predicted octanol–water partition coefficient (Wildman–Crippen LogP) is 4.57. The Bertz CT molecular complexity index is 975. The Kier molecular flexibility index (Phi) is 5.91. The maximum atomic E-state index is 12.0. The average Bonchev–Trinajstić information content (AvgIpc) is 2.67. The van der Waals surface area contributed by atoms with Crippen LogP contribution in [0.25, 0.3) is 22.1 Å². The maximum Gasteiger partial charge on any atom is 0.347 e. The van der Waals surface area contributed by atoms with Crippen LogP contribution in [0, 0.1) is 0 Å². The third-order valence-electron chi connectivity index (χ3n) is 4.19. The van der Waals surface area contributed by atoms with Crippen LogP contribution in [0.1, 0.15) is 26.7 Å². The number of hydrogen-bond acceptors (Lipinski definition) is 5. The van der Waals surface area contributed by atoms with Gasteiger partial charge < -0.3 is 13.9 Å². The van der Waals surface area contributed by atoms with Crippen molar-refractivity contribution in [3.8, 4) is 16.9 Å². The highest BCUT2D eigenvalue weighted by atomic mass is 16.6. The van der Waals surface area contributed by atoms with Crippen LogP contribution in [-0.4, -0.2) is 18.7 Å². The fourth-order valence-electron chi connectivity index (χ4n) is 2.76. The van der Waals surface area contributed by atoms with Gasteiger partial charge >= 0.3 is 11.6 Å². The fraction of sp³-hybridized carbons (Fsp3) is 0.273. The van der Waals surface area contributed by atoms with E-state index in [-0.39, 0.29) is 0 Å². The normalized spacial score (nSPS) is 11.9. The first-order valence-corrected chi connectivity index (χ1v) is 9.05. The third kappa shape index (κ3) is 4.56. The van der Waals surface area contributed by atoms with Gasteiger partial charge in [0.05, 0.1) is 6.61 Å². The molecule has 0 saturated heterocycles. The summed E-state index contributed by atoms with van der Waals surface area (Å²) in [6.45, 7) is 4.05. The molecule has 0 aliphatic heterocycles. The topological polar surface area (TPSA) is 65.7 Å². The minimum absolute atomic E-state index is 0.385. The molecule has 5 heteroatoms. The summed E-state index contributed by atoms with van der Waals surface area (Å²) in [7, 11) is 0. The first kappa shape index (κ1) is 18.7. The average molecular weight is 366 g/mol. The lowest BCUT2D eigenvalue weighted by Crippen LogP contribution is -2.26. The number of unbranched alkanes of at least 4 members (excludes halogenated alkanes) is 1. The van der Waals surface area contributed by atoms with Crippen LogP contribution in [-0.2, 0) is 9.53 Å². The second-order valence-corrected chi connectivity index (χ2v) is 6.28. The minimum atomic E-state index is -0.747. The van der Waals surface area contributed by atoms with E-state index in [1.807, 2.05) is 43.3 Å². The molecule has 3 rings (SSSR count). The quantitative estimate of drug-likeness (QED) is 0.348. The van der Waals surface area contributed by atoms with E-state index in [1.54, 1.807) is 19.1 Å². The van der Waals surface area contributed by atoms with Crippen LogP contribution in [0.15, 0.2) is 63.8 Å². The smallest absolute Gasteiger partial charge is 0.347 e. The van der Waals surface area contributed by atoms with Crippen molar-refractivity contribution < 1.29 is 18.7 Å². The van der Waals surface area contributed by atoms with Crippen molar-refractivity contribution in [2.24, 2.45) is 0 Å². The van der Waals surface area contributed by atoms with Gasteiger partial charge in [-0.25, -0.2) is 9.59 Å². The van der Waals surface area contributed by atoms with Crippen molar-refractivity contribution in [3.63, 3.8) is 0 Å². The van der Waals surface area contributed by atoms with Crippen LogP contribution in [0.3, 0.4) is 0 Å². The van der Waals surface area contributed by atoms with Crippen LogP contribution >= 0.6 is 0 Å². The van der Waals surface area contributed by atoms with E-state index in [9.17, 15) is 9.59 Å². The number of rotatable bonds is 7. The van der Waals surface area contributed by atoms with E-state index in [2.05, 4.69) is 0 Å². The first-order valence-electron chi connectivity index (χ1n) is 9.05. The molecule has 5 nitrogen and oxygen atoms in total. The maximum absolute atomic E-state index is 12.0. The third-order valence-corrected chi connectivity index (χ3v) is 4.19. The van der Waals surface area contributed by atoms with Gasteiger partial charge in [-0.05, 0) is 36.6 Å². The van der Waals surface area contributed by atoms with Gasteiger partial charge in [-0.1, -0.05) is 43.7 Å². The van der Waals surface area contributed by atoms with E-state index >= 15 is 0 Å². The lowest BCUT2D eigenvalue weighted by Gasteiger charge is -2.14. The molecule has 140 valence electrons. The van der Waals surface area contributed by atoms with E-state index in [0.29, 0.717) is 17.9 Å². The monoisotopic (exact) mass is 366 g/mol. The Morgan fingerprint density at radius 2 is 1.89 bits per heavy atom. The zero-order chi connectivity index (χ0) is 19.2. The van der Waals surface area contributed by atoms with Gasteiger partial charge in [-0.2, -0.15) is 0 Å². The number of fused-ring (bicyclic) bond motifs is 1. The molecule has 0 amide bonds. The number of carbonyl (C=O) groups excluding carboxylic acids is 1. The van der Waals surface area contributed by atoms with Gasteiger partial charge in [-0.15, -0.1) is 0 Å². The number of ether oxygens (including phenoxy) is 2. The molecule has 27 heavy (non-hydrogen) atoms. The standard InChI is InChI=1S/C22H22O5/c1-3-4-12-25-22(24)15(2)26-17-10-11-18-19(16-8-6-5-7-9-16)14-21(23)27-20(18)13-17/h5-11,13-15H,3-4,12H2,1-2H3. The number of esters is 1. The highest BCUT2D eigenvalue weighted by Gasteiger charge is 2.17. The molecule has 1 unspecified atom stereocenters. The minimum Gasteiger partial charge on any atom is -0.479 e. The Labute approximate surface area is 157 Å². The highest BCUT2D eigenvalue weighted by Crippen LogP contribution is 2.29. The van der Waals surface area contributed by atoms with Crippen molar-refractivity contribution in [3.05, 3.63) is 65.0 Å². The molecule has 0 N–H and O–H groups in total. The van der Waals surface area contributed by atoms with Gasteiger partial charge in [0.1, 0.15) is 11.3 Å². The second-order valence-electron chi connectivity index (χ2n) is 6.28. The molecule has 1 aromatic heterocycles. The summed E-state index contributed by atoms with van der Waals surface area (Å²) in [5, 5.41) is 0.798. The van der Waals surface area contributed by atoms with Crippen molar-refractivity contribution in [2.45, 2.75) is 32.8 Å². The van der Waals surface area contributed by atoms with Crippen LogP contribution in [0.5, 0.6) is 5.75 Å². The zero-order valence-corrected chi connectivity index (χ0v) is 15.4. The van der Waals surface area contributed by atoms with Crippen molar-refractivity contribution in [1.29, 1.82) is 0 Å². The molecule has 0 spiro atoms. The van der Waals surface area contributed by atoms with E-state index in [1.165, 1.54) is 6.07 Å². The molecule has 0 aliphatic carbocycles. The van der Waals surface area contributed by atoms with Gasteiger partial charge in [0, 0.05) is 17.5 Å². The molecular formula is C22H22O5. The molecule has 1 heterocycles. The molecular weight excluding hydrogens is 344 g/mol. The number of carbonyl (C=O) groups is 1.